The number of hydrogen-bond acceptors (Lipinski definition) is 4. The fourth-order valence-electron chi connectivity index (χ4n) is 3.28. The highest BCUT2D eigenvalue weighted by Crippen LogP contribution is 2.36. The molecule has 0 radical (unpaired) electrons. The van der Waals surface area contributed by atoms with E-state index in [0.717, 1.165) is 23.4 Å². The molecular formula is C19H23N3O2S. The first-order valence-electron chi connectivity index (χ1n) is 8.53. The number of thiazole rings is 1. The van der Waals surface area contributed by atoms with E-state index in [2.05, 4.69) is 23.3 Å². The van der Waals surface area contributed by atoms with Crippen molar-refractivity contribution in [2.24, 2.45) is 5.92 Å². The molecule has 0 aliphatic carbocycles. The van der Waals surface area contributed by atoms with Gasteiger partial charge in [-0.3, -0.25) is 9.59 Å². The number of nitrogens with zero attached hydrogens (tertiary/aromatic N) is 2. The highest BCUT2D eigenvalue weighted by Gasteiger charge is 2.29. The van der Waals surface area contributed by atoms with E-state index in [9.17, 15) is 9.59 Å². The molecule has 1 atom stereocenters. The number of fused-ring (bicyclic) bond motifs is 1. The highest BCUT2D eigenvalue weighted by molar-refractivity contribution is 7.14. The van der Waals surface area contributed by atoms with Crippen molar-refractivity contribution in [2.75, 3.05) is 10.2 Å². The fraction of sp³-hybridized carbons (Fsp3) is 0.421. The monoisotopic (exact) mass is 357 g/mol. The Morgan fingerprint density at radius 2 is 2.16 bits per heavy atom. The summed E-state index contributed by atoms with van der Waals surface area (Å²) >= 11 is 1.43. The van der Waals surface area contributed by atoms with Crippen LogP contribution >= 0.6 is 11.3 Å². The van der Waals surface area contributed by atoms with Gasteiger partial charge in [-0.2, -0.15) is 0 Å². The summed E-state index contributed by atoms with van der Waals surface area (Å²) in [7, 11) is 0. The van der Waals surface area contributed by atoms with Crippen LogP contribution in [-0.2, 0) is 16.0 Å². The summed E-state index contributed by atoms with van der Waals surface area (Å²) in [6.45, 7) is 7.70. The minimum atomic E-state index is -0.00391. The molecule has 1 aromatic heterocycles. The van der Waals surface area contributed by atoms with Crippen molar-refractivity contribution >= 4 is 34.0 Å². The Balaban J connectivity index is 1.79. The fourth-order valence-corrected chi connectivity index (χ4v) is 4.01. The third-order valence-electron chi connectivity index (χ3n) is 4.27. The van der Waals surface area contributed by atoms with E-state index in [1.807, 2.05) is 36.3 Å². The van der Waals surface area contributed by atoms with Gasteiger partial charge in [0.15, 0.2) is 5.13 Å². The molecule has 132 valence electrons. The van der Waals surface area contributed by atoms with Gasteiger partial charge in [0.2, 0.25) is 11.8 Å². The third kappa shape index (κ3) is 3.74. The van der Waals surface area contributed by atoms with Crippen molar-refractivity contribution in [1.82, 2.24) is 4.98 Å². The first-order valence-corrected chi connectivity index (χ1v) is 9.41. The molecule has 0 bridgehead atoms. The van der Waals surface area contributed by atoms with E-state index >= 15 is 0 Å². The van der Waals surface area contributed by atoms with E-state index in [1.54, 1.807) is 6.92 Å². The van der Waals surface area contributed by atoms with E-state index in [1.165, 1.54) is 16.9 Å². The van der Waals surface area contributed by atoms with Gasteiger partial charge in [-0.05, 0) is 37.0 Å². The van der Waals surface area contributed by atoms with Crippen LogP contribution in [0.4, 0.5) is 10.8 Å². The lowest BCUT2D eigenvalue weighted by Crippen LogP contribution is -2.33. The Morgan fingerprint density at radius 1 is 1.40 bits per heavy atom. The number of anilines is 2. The third-order valence-corrected chi connectivity index (χ3v) is 5.03. The molecule has 25 heavy (non-hydrogen) atoms. The van der Waals surface area contributed by atoms with Gasteiger partial charge in [-0.25, -0.2) is 4.98 Å². The number of benzene rings is 1. The molecule has 5 nitrogen and oxygen atoms in total. The van der Waals surface area contributed by atoms with Crippen LogP contribution in [0.3, 0.4) is 0 Å². The lowest BCUT2D eigenvalue weighted by Gasteiger charge is -2.20. The molecule has 1 aromatic carbocycles. The topological polar surface area (TPSA) is 62.3 Å². The zero-order chi connectivity index (χ0) is 18.1. The van der Waals surface area contributed by atoms with Crippen LogP contribution in [0.25, 0.3) is 11.3 Å². The van der Waals surface area contributed by atoms with E-state index in [0.29, 0.717) is 17.5 Å². The van der Waals surface area contributed by atoms with Crippen molar-refractivity contribution in [3.8, 4) is 11.3 Å². The van der Waals surface area contributed by atoms with Gasteiger partial charge in [0.25, 0.3) is 0 Å². The maximum absolute atomic E-state index is 11.9. The molecule has 2 aromatic rings. The van der Waals surface area contributed by atoms with Crippen LogP contribution in [0.5, 0.6) is 0 Å². The van der Waals surface area contributed by atoms with Gasteiger partial charge in [0.1, 0.15) is 0 Å². The van der Waals surface area contributed by atoms with Gasteiger partial charge in [-0.1, -0.05) is 19.9 Å². The van der Waals surface area contributed by atoms with E-state index in [-0.39, 0.29) is 17.9 Å². The second kappa shape index (κ2) is 6.96. The highest BCUT2D eigenvalue weighted by atomic mass is 32.1. The van der Waals surface area contributed by atoms with Crippen LogP contribution in [0.15, 0.2) is 23.6 Å². The van der Waals surface area contributed by atoms with Gasteiger partial charge in [0, 0.05) is 36.0 Å². The minimum Gasteiger partial charge on any atom is -0.309 e. The molecule has 2 amide bonds. The van der Waals surface area contributed by atoms with Crippen LogP contribution in [0, 0.1) is 5.92 Å². The van der Waals surface area contributed by atoms with Gasteiger partial charge >= 0.3 is 0 Å². The largest absolute Gasteiger partial charge is 0.309 e. The van der Waals surface area contributed by atoms with Crippen molar-refractivity contribution in [1.29, 1.82) is 0 Å². The molecule has 1 aliphatic heterocycles. The molecule has 3 rings (SSSR count). The zero-order valence-corrected chi connectivity index (χ0v) is 15.8. The molecule has 0 fully saturated rings. The minimum absolute atomic E-state index is 0.00391. The SMILES string of the molecule is CC(=O)N1c2ccc(-c3csc(NC(=O)CC(C)C)n3)cc2C[C@@H]1C. The second-order valence-electron chi connectivity index (χ2n) is 6.97. The van der Waals surface area contributed by atoms with Crippen molar-refractivity contribution in [3.63, 3.8) is 0 Å². The quantitative estimate of drug-likeness (QED) is 0.896. The van der Waals surface area contributed by atoms with E-state index < -0.39 is 0 Å². The first-order chi connectivity index (χ1) is 11.8. The molecule has 0 saturated carbocycles. The maximum Gasteiger partial charge on any atom is 0.226 e. The van der Waals surface area contributed by atoms with Crippen LogP contribution < -0.4 is 10.2 Å². The average molecular weight is 357 g/mol. The number of hydrogen-bond donors (Lipinski definition) is 1. The Kier molecular flexibility index (Phi) is 4.90. The molecule has 1 aliphatic rings. The summed E-state index contributed by atoms with van der Waals surface area (Å²) in [5.41, 5.74) is 4.02. The Hall–Kier alpha value is -2.21. The Labute approximate surface area is 152 Å². The predicted molar refractivity (Wildman–Crippen MR) is 102 cm³/mol. The summed E-state index contributed by atoms with van der Waals surface area (Å²) in [5, 5.41) is 5.44. The van der Waals surface area contributed by atoms with Crippen molar-refractivity contribution in [3.05, 3.63) is 29.1 Å². The number of carbonyl (C=O) groups excluding carboxylic acids is 2. The molecular weight excluding hydrogens is 334 g/mol. The second-order valence-corrected chi connectivity index (χ2v) is 7.83. The normalized spacial score (nSPS) is 16.2. The summed E-state index contributed by atoms with van der Waals surface area (Å²) in [4.78, 5) is 30.1. The smallest absolute Gasteiger partial charge is 0.226 e. The standard InChI is InChI=1S/C19H23N3O2S/c1-11(2)7-18(24)21-19-20-16(10-25-19)14-5-6-17-15(9-14)8-12(3)22(17)13(4)23/h5-6,9-12H,7-8H2,1-4H3,(H,20,21,24)/t12-/m0/s1. The van der Waals surface area contributed by atoms with Gasteiger partial charge < -0.3 is 10.2 Å². The number of rotatable bonds is 4. The number of aromatic nitrogens is 1. The maximum atomic E-state index is 11.9. The number of nitrogens with one attached hydrogen (secondary N) is 1. The summed E-state index contributed by atoms with van der Waals surface area (Å²) < 4.78 is 0. The Bertz CT molecular complexity index is 813. The first kappa shape index (κ1) is 17.6. The molecule has 2 heterocycles. The van der Waals surface area contributed by atoms with Crippen LogP contribution in [-0.4, -0.2) is 22.8 Å². The predicted octanol–water partition coefficient (Wildman–Crippen LogP) is 4.09. The molecule has 0 saturated heterocycles. The number of amides is 2. The summed E-state index contributed by atoms with van der Waals surface area (Å²) in [5.74, 6) is 0.390. The van der Waals surface area contributed by atoms with Crippen molar-refractivity contribution in [2.45, 2.75) is 46.6 Å². The number of carbonyl (C=O) groups is 2. The van der Waals surface area contributed by atoms with Crippen LogP contribution in [0.1, 0.15) is 39.7 Å². The summed E-state index contributed by atoms with van der Waals surface area (Å²) in [6.07, 6.45) is 1.34. The van der Waals surface area contributed by atoms with Crippen LogP contribution in [0.2, 0.25) is 0 Å². The van der Waals surface area contributed by atoms with E-state index in [4.69, 9.17) is 0 Å². The summed E-state index contributed by atoms with van der Waals surface area (Å²) in [6, 6.07) is 6.26. The molecule has 1 N–H and O–H groups in total. The zero-order valence-electron chi connectivity index (χ0n) is 15.0. The Morgan fingerprint density at radius 3 is 2.84 bits per heavy atom. The molecule has 6 heteroatoms. The van der Waals surface area contributed by atoms with Gasteiger partial charge in [0.05, 0.1) is 5.69 Å². The molecule has 0 spiro atoms. The average Bonchev–Trinajstić information content (AvgIpc) is 3.08. The lowest BCUT2D eigenvalue weighted by atomic mass is 10.1. The lowest BCUT2D eigenvalue weighted by molar-refractivity contribution is -0.117. The van der Waals surface area contributed by atoms with Crippen molar-refractivity contribution < 1.29 is 9.59 Å². The van der Waals surface area contributed by atoms with Gasteiger partial charge in [-0.15, -0.1) is 11.3 Å². The molecule has 0 unspecified atom stereocenters.